The van der Waals surface area contributed by atoms with Crippen LogP contribution in [-0.2, 0) is 4.79 Å². The molecular formula is C10H6Cl4O. The lowest BCUT2D eigenvalue weighted by molar-refractivity contribution is -0.119. The predicted molar refractivity (Wildman–Crippen MR) is 61.6 cm³/mol. The average Bonchev–Trinajstić information content (AvgIpc) is 2.79. The fraction of sp³-hybridized carbons (Fsp3) is 0.500. The SMILES string of the molecule is O=C1C2(Cl)C(Cl)=C(Cl)C1(Cl)C1CC=CC12. The van der Waals surface area contributed by atoms with Crippen molar-refractivity contribution in [2.45, 2.75) is 16.2 Å². The summed E-state index contributed by atoms with van der Waals surface area (Å²) in [5.41, 5.74) is 0. The molecule has 0 aliphatic heterocycles. The van der Waals surface area contributed by atoms with Crippen LogP contribution < -0.4 is 0 Å². The van der Waals surface area contributed by atoms with Crippen LogP contribution in [0.25, 0.3) is 0 Å². The second-order valence-electron chi connectivity index (χ2n) is 4.18. The van der Waals surface area contributed by atoms with Crippen LogP contribution in [0.3, 0.4) is 0 Å². The normalized spacial score (nSPS) is 51.9. The molecule has 0 radical (unpaired) electrons. The first-order valence-corrected chi connectivity index (χ1v) is 6.12. The number of allylic oxidation sites excluding steroid dienone is 4. The highest BCUT2D eigenvalue weighted by atomic mass is 35.5. The Hall–Kier alpha value is 0.310. The van der Waals surface area contributed by atoms with E-state index in [9.17, 15) is 4.79 Å². The molecule has 3 rings (SSSR count). The number of ketones is 1. The molecule has 0 aromatic rings. The Morgan fingerprint density at radius 2 is 1.80 bits per heavy atom. The quantitative estimate of drug-likeness (QED) is 0.492. The summed E-state index contributed by atoms with van der Waals surface area (Å²) in [7, 11) is 0. The average molecular weight is 284 g/mol. The second-order valence-corrected chi connectivity index (χ2v) is 6.13. The Balaban J connectivity index is 2.30. The third kappa shape index (κ3) is 0.857. The summed E-state index contributed by atoms with van der Waals surface area (Å²) in [5, 5.41) is 0.425. The number of Topliss-reactive ketones (excluding diaryl/α,β-unsaturated/α-hetero) is 1. The summed E-state index contributed by atoms with van der Waals surface area (Å²) in [6, 6.07) is 0. The zero-order valence-corrected chi connectivity index (χ0v) is 10.5. The summed E-state index contributed by atoms with van der Waals surface area (Å²) in [4.78, 5) is 9.74. The molecule has 0 spiro atoms. The Kier molecular flexibility index (Phi) is 1.92. The maximum absolute atomic E-state index is 12.1. The van der Waals surface area contributed by atoms with Crippen LogP contribution in [0.4, 0.5) is 0 Å². The summed E-state index contributed by atoms with van der Waals surface area (Å²) in [6.07, 6.45) is 4.63. The highest BCUT2D eigenvalue weighted by Crippen LogP contribution is 2.67. The van der Waals surface area contributed by atoms with Gasteiger partial charge in [0, 0.05) is 11.8 Å². The molecule has 2 bridgehead atoms. The predicted octanol–water partition coefficient (Wildman–Crippen LogP) is 3.42. The van der Waals surface area contributed by atoms with Crippen LogP contribution in [0.1, 0.15) is 6.42 Å². The van der Waals surface area contributed by atoms with Gasteiger partial charge in [-0.3, -0.25) is 4.79 Å². The van der Waals surface area contributed by atoms with Gasteiger partial charge in [-0.1, -0.05) is 35.4 Å². The Morgan fingerprint density at radius 1 is 1.20 bits per heavy atom. The summed E-state index contributed by atoms with van der Waals surface area (Å²) < 4.78 is 0. The first-order valence-electron chi connectivity index (χ1n) is 4.60. The van der Waals surface area contributed by atoms with Crippen molar-refractivity contribution in [1.82, 2.24) is 0 Å². The van der Waals surface area contributed by atoms with Crippen molar-refractivity contribution in [1.29, 1.82) is 0 Å². The number of carbonyl (C=O) groups excluding carboxylic acids is 1. The van der Waals surface area contributed by atoms with E-state index in [4.69, 9.17) is 46.4 Å². The van der Waals surface area contributed by atoms with E-state index in [1.807, 2.05) is 12.2 Å². The molecule has 3 aliphatic carbocycles. The molecule has 0 saturated heterocycles. The van der Waals surface area contributed by atoms with Gasteiger partial charge >= 0.3 is 0 Å². The highest BCUT2D eigenvalue weighted by molar-refractivity contribution is 6.62. The van der Waals surface area contributed by atoms with Gasteiger partial charge in [0.25, 0.3) is 0 Å². The summed E-state index contributed by atoms with van der Waals surface area (Å²) in [6.45, 7) is 0. The van der Waals surface area contributed by atoms with Crippen LogP contribution in [0, 0.1) is 11.8 Å². The molecule has 4 unspecified atom stereocenters. The molecule has 0 N–H and O–H groups in total. The van der Waals surface area contributed by atoms with Crippen molar-refractivity contribution < 1.29 is 4.79 Å². The van der Waals surface area contributed by atoms with Gasteiger partial charge in [-0.25, -0.2) is 0 Å². The fourth-order valence-corrected chi connectivity index (χ4v) is 4.70. The van der Waals surface area contributed by atoms with Crippen molar-refractivity contribution >= 4 is 52.2 Å². The maximum atomic E-state index is 12.1. The van der Waals surface area contributed by atoms with Crippen LogP contribution in [-0.4, -0.2) is 15.5 Å². The molecule has 0 aromatic heterocycles. The smallest absolute Gasteiger partial charge is 0.186 e. The molecule has 0 amide bonds. The monoisotopic (exact) mass is 282 g/mol. The van der Waals surface area contributed by atoms with E-state index < -0.39 is 9.75 Å². The number of halogens is 4. The van der Waals surface area contributed by atoms with E-state index in [1.54, 1.807) is 0 Å². The van der Waals surface area contributed by atoms with E-state index in [1.165, 1.54) is 0 Å². The topological polar surface area (TPSA) is 17.1 Å². The lowest BCUT2D eigenvalue weighted by Gasteiger charge is -2.30. The van der Waals surface area contributed by atoms with Crippen LogP contribution in [0.2, 0.25) is 0 Å². The molecule has 1 nitrogen and oxygen atoms in total. The molecule has 1 saturated carbocycles. The van der Waals surface area contributed by atoms with Crippen molar-refractivity contribution in [2.75, 3.05) is 0 Å². The molecule has 1 fully saturated rings. The molecule has 4 atom stereocenters. The largest absolute Gasteiger partial charge is 0.295 e. The van der Waals surface area contributed by atoms with Gasteiger partial charge in [0.1, 0.15) is 9.75 Å². The Labute approximate surface area is 107 Å². The standard InChI is InChI=1S/C10H6Cl4O/c11-6-7(12)10(14)5-3-1-2-4(5)9(6,13)8(10)15/h1-2,4-5H,3H2. The third-order valence-corrected chi connectivity index (χ3v) is 6.15. The van der Waals surface area contributed by atoms with Crippen molar-refractivity contribution in [3.05, 3.63) is 22.2 Å². The molecule has 80 valence electrons. The van der Waals surface area contributed by atoms with E-state index in [-0.39, 0.29) is 27.7 Å². The van der Waals surface area contributed by atoms with Gasteiger partial charge in [0.05, 0.1) is 10.1 Å². The minimum Gasteiger partial charge on any atom is -0.295 e. The van der Waals surface area contributed by atoms with Gasteiger partial charge < -0.3 is 0 Å². The minimum absolute atomic E-state index is 0.0424. The number of alkyl halides is 2. The maximum Gasteiger partial charge on any atom is 0.186 e. The molecule has 3 aliphatic rings. The number of fused-ring (bicyclic) bond motifs is 5. The molecule has 0 aromatic carbocycles. The zero-order valence-electron chi connectivity index (χ0n) is 7.44. The number of rotatable bonds is 0. The lowest BCUT2D eigenvalue weighted by atomic mass is 9.84. The van der Waals surface area contributed by atoms with Crippen molar-refractivity contribution in [2.24, 2.45) is 11.8 Å². The zero-order chi connectivity index (χ0) is 11.0. The summed E-state index contributed by atoms with van der Waals surface area (Å²) in [5.74, 6) is -0.411. The van der Waals surface area contributed by atoms with Gasteiger partial charge in [0.2, 0.25) is 0 Å². The summed E-state index contributed by atoms with van der Waals surface area (Å²) >= 11 is 24.7. The Morgan fingerprint density at radius 3 is 2.47 bits per heavy atom. The van der Waals surface area contributed by atoms with E-state index in [2.05, 4.69) is 0 Å². The second kappa shape index (κ2) is 2.76. The van der Waals surface area contributed by atoms with Gasteiger partial charge in [0.15, 0.2) is 5.78 Å². The molecule has 5 heteroatoms. The lowest BCUT2D eigenvalue weighted by Crippen LogP contribution is -2.33. The van der Waals surface area contributed by atoms with Crippen LogP contribution >= 0.6 is 46.4 Å². The minimum atomic E-state index is -1.21. The number of hydrogen-bond donors (Lipinski definition) is 0. The molecule has 15 heavy (non-hydrogen) atoms. The van der Waals surface area contributed by atoms with E-state index in [0.717, 1.165) is 6.42 Å². The van der Waals surface area contributed by atoms with Crippen molar-refractivity contribution in [3.63, 3.8) is 0 Å². The van der Waals surface area contributed by atoms with E-state index in [0.29, 0.717) is 0 Å². The fourth-order valence-electron chi connectivity index (χ4n) is 2.88. The van der Waals surface area contributed by atoms with Gasteiger partial charge in [-0.2, -0.15) is 0 Å². The number of hydrogen-bond acceptors (Lipinski definition) is 1. The van der Waals surface area contributed by atoms with Crippen LogP contribution in [0.15, 0.2) is 22.2 Å². The third-order valence-electron chi connectivity index (χ3n) is 3.63. The van der Waals surface area contributed by atoms with Crippen molar-refractivity contribution in [3.8, 4) is 0 Å². The van der Waals surface area contributed by atoms with Gasteiger partial charge in [-0.15, -0.1) is 23.2 Å². The van der Waals surface area contributed by atoms with E-state index >= 15 is 0 Å². The molecular weight excluding hydrogens is 278 g/mol. The molecule has 0 heterocycles. The highest BCUT2D eigenvalue weighted by Gasteiger charge is 2.74. The Bertz CT molecular complexity index is 441. The number of carbonyl (C=O) groups is 1. The van der Waals surface area contributed by atoms with Gasteiger partial charge in [-0.05, 0) is 6.42 Å². The first-order chi connectivity index (χ1) is 6.95. The van der Waals surface area contributed by atoms with Crippen LogP contribution in [0.5, 0.6) is 0 Å². The first kappa shape index (κ1) is 10.5.